The summed E-state index contributed by atoms with van der Waals surface area (Å²) in [6.45, 7) is 2.03. The van der Waals surface area contributed by atoms with Gasteiger partial charge in [-0.1, -0.05) is 23.2 Å². The molecule has 4 heterocycles. The molecule has 2 fully saturated rings. The number of likely N-dealkylation sites (tertiary alicyclic amines) is 1. The summed E-state index contributed by atoms with van der Waals surface area (Å²) in [6, 6.07) is 0.331. The minimum atomic E-state index is -4.53. The molecule has 0 aromatic carbocycles. The van der Waals surface area contributed by atoms with E-state index in [9.17, 15) is 18.0 Å². The summed E-state index contributed by atoms with van der Waals surface area (Å²) >= 11 is 11.7. The number of piperidine rings is 1. The number of hydrogen-bond acceptors (Lipinski definition) is 6. The zero-order valence-electron chi connectivity index (χ0n) is 16.2. The summed E-state index contributed by atoms with van der Waals surface area (Å²) in [5.41, 5.74) is -0.931. The lowest BCUT2D eigenvalue weighted by Gasteiger charge is -2.37. The molecule has 2 saturated heterocycles. The predicted molar refractivity (Wildman–Crippen MR) is 110 cm³/mol. The Bertz CT molecular complexity index is 951. The summed E-state index contributed by atoms with van der Waals surface area (Å²) in [5, 5.41) is 3.07. The molecule has 7 nitrogen and oxygen atoms in total. The highest BCUT2D eigenvalue weighted by Gasteiger charge is 2.38. The van der Waals surface area contributed by atoms with Crippen molar-refractivity contribution >= 4 is 40.7 Å². The first-order chi connectivity index (χ1) is 14.7. The van der Waals surface area contributed by atoms with Gasteiger partial charge in [-0.2, -0.15) is 13.2 Å². The molecule has 2 aromatic rings. The Hall–Kier alpha value is -2.33. The highest BCUT2D eigenvalue weighted by molar-refractivity contribution is 6.33. The van der Waals surface area contributed by atoms with Crippen molar-refractivity contribution in [3.05, 3.63) is 40.4 Å². The third-order valence-electron chi connectivity index (χ3n) is 5.56. The Morgan fingerprint density at radius 3 is 2.35 bits per heavy atom. The second-order valence-electron chi connectivity index (χ2n) is 7.48. The van der Waals surface area contributed by atoms with Gasteiger partial charge < -0.3 is 15.1 Å². The maximum atomic E-state index is 12.9. The van der Waals surface area contributed by atoms with Gasteiger partial charge in [0, 0.05) is 31.9 Å². The lowest BCUT2D eigenvalue weighted by atomic mass is 10.0. The van der Waals surface area contributed by atoms with Crippen molar-refractivity contribution in [2.45, 2.75) is 37.5 Å². The summed E-state index contributed by atoms with van der Waals surface area (Å²) in [5.74, 6) is 0.728. The normalized spacial score (nSPS) is 20.4. The lowest BCUT2D eigenvalue weighted by Crippen LogP contribution is -2.47. The number of anilines is 2. The summed E-state index contributed by atoms with van der Waals surface area (Å²) in [7, 11) is 0. The predicted octanol–water partition coefficient (Wildman–Crippen LogP) is 3.88. The van der Waals surface area contributed by atoms with Crippen molar-refractivity contribution in [2.24, 2.45) is 0 Å². The van der Waals surface area contributed by atoms with Crippen LogP contribution in [0.5, 0.6) is 0 Å². The highest BCUT2D eigenvalue weighted by atomic mass is 35.5. The first-order valence-electron chi connectivity index (χ1n) is 9.74. The molecule has 0 radical (unpaired) electrons. The van der Waals surface area contributed by atoms with Gasteiger partial charge in [0.1, 0.15) is 22.8 Å². The zero-order valence-corrected chi connectivity index (χ0v) is 17.8. The second-order valence-corrected chi connectivity index (χ2v) is 8.28. The largest absolute Gasteiger partial charge is 0.417 e. The van der Waals surface area contributed by atoms with Crippen LogP contribution in [0.1, 0.15) is 24.8 Å². The van der Waals surface area contributed by atoms with Crippen molar-refractivity contribution < 1.29 is 18.0 Å². The van der Waals surface area contributed by atoms with Crippen LogP contribution in [0.3, 0.4) is 0 Å². The van der Waals surface area contributed by atoms with Crippen molar-refractivity contribution in [2.75, 3.05) is 29.9 Å². The molecule has 12 heteroatoms. The molecule has 0 bridgehead atoms. The zero-order chi connectivity index (χ0) is 22.2. The number of nitrogens with zero attached hydrogens (tertiary/aromatic N) is 5. The van der Waals surface area contributed by atoms with E-state index in [1.807, 2.05) is 4.90 Å². The van der Waals surface area contributed by atoms with Crippen molar-refractivity contribution in [1.29, 1.82) is 0 Å². The lowest BCUT2D eigenvalue weighted by molar-refractivity contribution is -0.137. The number of nitrogens with one attached hydrogen (secondary N) is 1. The number of rotatable bonds is 4. The standard InChI is InChI=1S/C19H19Cl2F3N6O/c20-13-7-11(19(22,23)24)8-27-17(13)28-14-3-6-30(18(14)31)12-1-4-29(5-2-12)16-10-25-15(21)9-26-16/h7-10,12,14H,1-6H2,(H,27,28). The van der Waals surface area contributed by atoms with Crippen LogP contribution in [-0.4, -0.2) is 57.5 Å². The first kappa shape index (κ1) is 21.9. The molecule has 1 atom stereocenters. The van der Waals surface area contributed by atoms with Crippen molar-refractivity contribution in [3.63, 3.8) is 0 Å². The SMILES string of the molecule is O=C1C(Nc2ncc(C(F)(F)F)cc2Cl)CCN1C1CCN(c2cnc(Cl)cn2)CC1. The summed E-state index contributed by atoms with van der Waals surface area (Å²) < 4.78 is 38.3. The van der Waals surface area contributed by atoms with Crippen LogP contribution in [0, 0.1) is 0 Å². The van der Waals surface area contributed by atoms with Gasteiger partial charge >= 0.3 is 6.18 Å². The molecule has 2 aromatic heterocycles. The number of hydrogen-bond donors (Lipinski definition) is 1. The van der Waals surface area contributed by atoms with Gasteiger partial charge in [0.05, 0.1) is 23.0 Å². The minimum absolute atomic E-state index is 0.0750. The molecule has 0 aliphatic carbocycles. The third kappa shape index (κ3) is 4.79. The number of alkyl halides is 3. The number of amides is 1. The average molecular weight is 475 g/mol. The fourth-order valence-electron chi connectivity index (χ4n) is 3.94. The minimum Gasteiger partial charge on any atom is -0.357 e. The summed E-state index contributed by atoms with van der Waals surface area (Å²) in [4.78, 5) is 28.9. The Labute approximate surface area is 186 Å². The van der Waals surface area contributed by atoms with Crippen LogP contribution in [0.15, 0.2) is 24.7 Å². The van der Waals surface area contributed by atoms with Crippen molar-refractivity contribution in [1.82, 2.24) is 19.9 Å². The number of carbonyl (C=O) groups is 1. The topological polar surface area (TPSA) is 74.2 Å². The van der Waals surface area contributed by atoms with E-state index in [2.05, 4.69) is 25.2 Å². The number of pyridine rings is 1. The number of halogens is 5. The smallest absolute Gasteiger partial charge is 0.357 e. The van der Waals surface area contributed by atoms with E-state index in [-0.39, 0.29) is 22.8 Å². The van der Waals surface area contributed by atoms with E-state index in [1.165, 1.54) is 6.20 Å². The molecular formula is C19H19Cl2F3N6O. The van der Waals surface area contributed by atoms with Crippen molar-refractivity contribution in [3.8, 4) is 0 Å². The van der Waals surface area contributed by atoms with E-state index < -0.39 is 17.8 Å². The van der Waals surface area contributed by atoms with Crippen LogP contribution in [0.25, 0.3) is 0 Å². The first-order valence-corrected chi connectivity index (χ1v) is 10.5. The maximum Gasteiger partial charge on any atom is 0.417 e. The van der Waals surface area contributed by atoms with E-state index in [0.29, 0.717) is 24.3 Å². The molecule has 31 heavy (non-hydrogen) atoms. The quantitative estimate of drug-likeness (QED) is 0.724. The van der Waals surface area contributed by atoms with Gasteiger partial charge in [0.2, 0.25) is 5.91 Å². The van der Waals surface area contributed by atoms with Gasteiger partial charge in [-0.3, -0.25) is 4.79 Å². The monoisotopic (exact) mass is 474 g/mol. The second kappa shape index (κ2) is 8.66. The Balaban J connectivity index is 1.35. The maximum absolute atomic E-state index is 12.9. The fourth-order valence-corrected chi connectivity index (χ4v) is 4.26. The molecule has 166 valence electrons. The van der Waals surface area contributed by atoms with Crippen LogP contribution in [0.2, 0.25) is 10.2 Å². The third-order valence-corrected chi connectivity index (χ3v) is 6.04. The Morgan fingerprint density at radius 1 is 1.00 bits per heavy atom. The fraction of sp³-hybridized carbons (Fsp3) is 0.474. The van der Waals surface area contributed by atoms with Gasteiger partial charge in [-0.25, -0.2) is 15.0 Å². The molecule has 4 rings (SSSR count). The Kier molecular flexibility index (Phi) is 6.11. The highest BCUT2D eigenvalue weighted by Crippen LogP contribution is 2.33. The molecule has 0 spiro atoms. The van der Waals surface area contributed by atoms with Crippen LogP contribution in [0.4, 0.5) is 24.8 Å². The molecule has 0 saturated carbocycles. The van der Waals surface area contributed by atoms with E-state index >= 15 is 0 Å². The van der Waals surface area contributed by atoms with Gasteiger partial charge in [0.15, 0.2) is 0 Å². The van der Waals surface area contributed by atoms with Gasteiger partial charge in [0.25, 0.3) is 0 Å². The van der Waals surface area contributed by atoms with Gasteiger partial charge in [-0.15, -0.1) is 0 Å². The Morgan fingerprint density at radius 2 is 1.74 bits per heavy atom. The van der Waals surface area contributed by atoms with Crippen LogP contribution < -0.4 is 10.2 Å². The van der Waals surface area contributed by atoms with E-state index in [0.717, 1.165) is 37.8 Å². The molecule has 2 aliphatic heterocycles. The van der Waals surface area contributed by atoms with E-state index in [4.69, 9.17) is 23.2 Å². The molecule has 2 aliphatic rings. The summed E-state index contributed by atoms with van der Waals surface area (Å²) in [6.07, 6.45) is 1.40. The van der Waals surface area contributed by atoms with E-state index in [1.54, 1.807) is 6.20 Å². The van der Waals surface area contributed by atoms with Crippen LogP contribution >= 0.6 is 23.2 Å². The molecule has 1 amide bonds. The molecule has 1 unspecified atom stereocenters. The number of carbonyl (C=O) groups excluding carboxylic acids is 1. The molecule has 1 N–H and O–H groups in total. The van der Waals surface area contributed by atoms with Crippen LogP contribution in [-0.2, 0) is 11.0 Å². The molecular weight excluding hydrogens is 456 g/mol. The average Bonchev–Trinajstić information content (AvgIpc) is 3.10. The number of aromatic nitrogens is 3. The van der Waals surface area contributed by atoms with Gasteiger partial charge in [-0.05, 0) is 25.3 Å².